The molecule has 0 aromatic carbocycles. The fraction of sp³-hybridized carbons (Fsp3) is 0.455. The highest BCUT2D eigenvalue weighted by molar-refractivity contribution is 5.37. The smallest absolute Gasteiger partial charge is 0.239 e. The van der Waals surface area contributed by atoms with E-state index < -0.39 is 23.7 Å². The molecular weight excluding hydrogens is 260 g/mol. The zero-order valence-electron chi connectivity index (χ0n) is 8.99. The van der Waals surface area contributed by atoms with Crippen molar-refractivity contribution in [1.82, 2.24) is 4.98 Å². The summed E-state index contributed by atoms with van der Waals surface area (Å²) in [6.45, 7) is 0. The SMILES string of the molecule is FC(F)(F)c1cc([C]2CCC2)cc(C(F)(F)F)n1. The summed E-state index contributed by atoms with van der Waals surface area (Å²) in [6, 6.07) is 1.37. The molecule has 0 N–H and O–H groups in total. The molecule has 1 nitrogen and oxygen atoms in total. The minimum atomic E-state index is -4.87. The van der Waals surface area contributed by atoms with Gasteiger partial charge in [-0.2, -0.15) is 26.3 Å². The Morgan fingerprint density at radius 3 is 1.56 bits per heavy atom. The minimum Gasteiger partial charge on any atom is -0.239 e. The molecule has 18 heavy (non-hydrogen) atoms. The van der Waals surface area contributed by atoms with Crippen molar-refractivity contribution in [1.29, 1.82) is 0 Å². The molecular formula is C11H8F6N. The average molecular weight is 268 g/mol. The van der Waals surface area contributed by atoms with Gasteiger partial charge in [0.25, 0.3) is 0 Å². The number of rotatable bonds is 1. The van der Waals surface area contributed by atoms with Crippen LogP contribution in [0, 0.1) is 5.92 Å². The van der Waals surface area contributed by atoms with Gasteiger partial charge in [0.05, 0.1) is 0 Å². The number of hydrogen-bond donors (Lipinski definition) is 0. The maximum Gasteiger partial charge on any atom is 0.433 e. The lowest BCUT2D eigenvalue weighted by Gasteiger charge is -2.26. The van der Waals surface area contributed by atoms with Gasteiger partial charge < -0.3 is 0 Å². The summed E-state index contributed by atoms with van der Waals surface area (Å²) in [5.41, 5.74) is -2.99. The molecule has 0 saturated heterocycles. The Hall–Kier alpha value is -1.27. The van der Waals surface area contributed by atoms with Crippen LogP contribution in [-0.4, -0.2) is 4.98 Å². The summed E-state index contributed by atoms with van der Waals surface area (Å²) in [5.74, 6) is 0.619. The molecule has 0 amide bonds. The zero-order valence-corrected chi connectivity index (χ0v) is 8.99. The van der Waals surface area contributed by atoms with E-state index in [0.29, 0.717) is 30.9 Å². The van der Waals surface area contributed by atoms with Gasteiger partial charge in [0.15, 0.2) is 0 Å². The van der Waals surface area contributed by atoms with Crippen molar-refractivity contribution in [3.63, 3.8) is 0 Å². The molecule has 1 aliphatic rings. The minimum absolute atomic E-state index is 0.00380. The van der Waals surface area contributed by atoms with E-state index >= 15 is 0 Å². The molecule has 0 spiro atoms. The first-order valence-electron chi connectivity index (χ1n) is 5.19. The van der Waals surface area contributed by atoms with Gasteiger partial charge in [-0.1, -0.05) is 6.42 Å². The average Bonchev–Trinajstić information content (AvgIpc) is 2.11. The van der Waals surface area contributed by atoms with E-state index in [0.717, 1.165) is 6.42 Å². The monoisotopic (exact) mass is 268 g/mol. The Morgan fingerprint density at radius 1 is 0.833 bits per heavy atom. The lowest BCUT2D eigenvalue weighted by Crippen LogP contribution is -2.18. The van der Waals surface area contributed by atoms with Gasteiger partial charge in [-0.15, -0.1) is 0 Å². The van der Waals surface area contributed by atoms with Crippen molar-refractivity contribution in [2.75, 3.05) is 0 Å². The first-order valence-corrected chi connectivity index (χ1v) is 5.19. The van der Waals surface area contributed by atoms with E-state index in [1.54, 1.807) is 0 Å². The molecule has 0 atom stereocenters. The predicted octanol–water partition coefficient (Wildman–Crippen LogP) is 4.23. The van der Waals surface area contributed by atoms with E-state index in [4.69, 9.17) is 0 Å². The molecule has 1 radical (unpaired) electrons. The van der Waals surface area contributed by atoms with E-state index in [1.165, 1.54) is 0 Å². The first kappa shape index (κ1) is 13.2. The van der Waals surface area contributed by atoms with Gasteiger partial charge in [-0.05, 0) is 30.5 Å². The highest BCUT2D eigenvalue weighted by Gasteiger charge is 2.39. The number of pyridine rings is 1. The Bertz CT molecular complexity index is 412. The lowest BCUT2D eigenvalue weighted by atomic mass is 9.80. The summed E-state index contributed by atoms with van der Waals surface area (Å²) in [5, 5.41) is 0. The van der Waals surface area contributed by atoms with Crippen LogP contribution in [0.4, 0.5) is 26.3 Å². The fourth-order valence-electron chi connectivity index (χ4n) is 1.67. The Balaban J connectivity index is 2.48. The van der Waals surface area contributed by atoms with Crippen LogP contribution in [0.2, 0.25) is 0 Å². The number of nitrogens with zero attached hydrogens (tertiary/aromatic N) is 1. The van der Waals surface area contributed by atoms with E-state index in [9.17, 15) is 26.3 Å². The topological polar surface area (TPSA) is 12.9 Å². The van der Waals surface area contributed by atoms with E-state index in [1.807, 2.05) is 0 Å². The van der Waals surface area contributed by atoms with Crippen LogP contribution in [-0.2, 0) is 12.4 Å². The summed E-state index contributed by atoms with van der Waals surface area (Å²) in [4.78, 5) is 2.65. The third-order valence-electron chi connectivity index (χ3n) is 2.77. The summed E-state index contributed by atoms with van der Waals surface area (Å²) in [6.07, 6.45) is -7.88. The van der Waals surface area contributed by atoms with Crippen LogP contribution in [0.15, 0.2) is 12.1 Å². The largest absolute Gasteiger partial charge is 0.433 e. The highest BCUT2D eigenvalue weighted by Crippen LogP contribution is 2.40. The number of hydrogen-bond acceptors (Lipinski definition) is 1. The van der Waals surface area contributed by atoms with Crippen molar-refractivity contribution in [3.05, 3.63) is 35.0 Å². The van der Waals surface area contributed by atoms with Gasteiger partial charge >= 0.3 is 12.4 Å². The molecule has 1 aromatic heterocycles. The summed E-state index contributed by atoms with van der Waals surface area (Å²) in [7, 11) is 0. The van der Waals surface area contributed by atoms with Crippen LogP contribution >= 0.6 is 0 Å². The van der Waals surface area contributed by atoms with Gasteiger partial charge in [-0.3, -0.25) is 0 Å². The Kier molecular flexibility index (Phi) is 3.03. The van der Waals surface area contributed by atoms with Crippen LogP contribution in [0.3, 0.4) is 0 Å². The molecule has 1 aliphatic carbocycles. The number of alkyl halides is 6. The van der Waals surface area contributed by atoms with Crippen molar-refractivity contribution < 1.29 is 26.3 Å². The van der Waals surface area contributed by atoms with Crippen LogP contribution < -0.4 is 0 Å². The third-order valence-corrected chi connectivity index (χ3v) is 2.77. The molecule has 7 heteroatoms. The van der Waals surface area contributed by atoms with Gasteiger partial charge in [-0.25, -0.2) is 4.98 Å². The maximum absolute atomic E-state index is 12.5. The number of aromatic nitrogens is 1. The molecule has 2 rings (SSSR count). The molecule has 0 aliphatic heterocycles. The first-order chi connectivity index (χ1) is 8.18. The van der Waals surface area contributed by atoms with Gasteiger partial charge in [0.2, 0.25) is 0 Å². The highest BCUT2D eigenvalue weighted by atomic mass is 19.4. The molecule has 1 fully saturated rings. The van der Waals surface area contributed by atoms with Crippen LogP contribution in [0.1, 0.15) is 36.2 Å². The normalized spacial score (nSPS) is 17.7. The predicted molar refractivity (Wildman–Crippen MR) is 50.4 cm³/mol. The second-order valence-electron chi connectivity index (χ2n) is 4.08. The fourth-order valence-corrected chi connectivity index (χ4v) is 1.67. The second-order valence-corrected chi connectivity index (χ2v) is 4.08. The lowest BCUT2D eigenvalue weighted by molar-refractivity contribution is -0.150. The second kappa shape index (κ2) is 4.13. The zero-order chi connectivity index (χ0) is 13.6. The van der Waals surface area contributed by atoms with Crippen LogP contribution in [0.5, 0.6) is 0 Å². The molecule has 99 valence electrons. The van der Waals surface area contributed by atoms with Gasteiger partial charge in [0, 0.05) is 5.92 Å². The quantitative estimate of drug-likeness (QED) is 0.695. The standard InChI is InChI=1S/C11H8F6N/c12-10(13,14)8-4-7(6-2-1-3-6)5-9(18-8)11(15,16)17/h4-5H,1-3H2. The molecule has 1 aromatic rings. The van der Waals surface area contributed by atoms with E-state index in [-0.39, 0.29) is 5.56 Å². The molecule has 0 unspecified atom stereocenters. The Morgan fingerprint density at radius 2 is 1.28 bits per heavy atom. The molecule has 1 saturated carbocycles. The van der Waals surface area contributed by atoms with Crippen molar-refractivity contribution >= 4 is 0 Å². The number of halogens is 6. The summed E-state index contributed by atoms with van der Waals surface area (Å²) < 4.78 is 74.9. The molecule has 1 heterocycles. The third kappa shape index (κ3) is 2.59. The Labute approximate surface area is 98.8 Å². The van der Waals surface area contributed by atoms with Crippen LogP contribution in [0.25, 0.3) is 0 Å². The maximum atomic E-state index is 12.5. The van der Waals surface area contributed by atoms with Crippen molar-refractivity contribution in [2.45, 2.75) is 31.6 Å². The van der Waals surface area contributed by atoms with E-state index in [2.05, 4.69) is 4.98 Å². The van der Waals surface area contributed by atoms with Crippen molar-refractivity contribution in [3.8, 4) is 0 Å². The van der Waals surface area contributed by atoms with Gasteiger partial charge in [0.1, 0.15) is 11.4 Å². The molecule has 0 bridgehead atoms. The summed E-state index contributed by atoms with van der Waals surface area (Å²) >= 11 is 0. The van der Waals surface area contributed by atoms with Crippen molar-refractivity contribution in [2.24, 2.45) is 0 Å².